The molecule has 0 aliphatic rings. The second-order valence-electron chi connectivity index (χ2n) is 3.71. The fourth-order valence-electron chi connectivity index (χ4n) is 1.48. The molecule has 106 valence electrons. The fourth-order valence-corrected chi connectivity index (χ4v) is 2.18. The molecule has 0 heterocycles. The van der Waals surface area contributed by atoms with Gasteiger partial charge < -0.3 is 0 Å². The van der Waals surface area contributed by atoms with Crippen LogP contribution >= 0.6 is 11.8 Å². The quantitative estimate of drug-likeness (QED) is 0.606. The van der Waals surface area contributed by atoms with Crippen LogP contribution in [0.25, 0.3) is 0 Å². The highest BCUT2D eigenvalue weighted by molar-refractivity contribution is 8.00. The summed E-state index contributed by atoms with van der Waals surface area (Å²) in [5.74, 6) is -0.638. The maximum Gasteiger partial charge on any atom is 0.446 e. The molecule has 1 rings (SSSR count). The Kier molecular flexibility index (Phi) is 4.54. The highest BCUT2D eigenvalue weighted by Gasteiger charge is 2.37. The topological polar surface area (TPSA) is 17.1 Å². The molecule has 0 N–H and O–H groups in total. The minimum absolute atomic E-state index is 0.600. The van der Waals surface area contributed by atoms with Gasteiger partial charge >= 0.3 is 11.7 Å². The van der Waals surface area contributed by atoms with Crippen LogP contribution in [-0.4, -0.2) is 11.3 Å². The van der Waals surface area contributed by atoms with Gasteiger partial charge in [-0.1, -0.05) is 6.07 Å². The van der Waals surface area contributed by atoms with E-state index in [1.54, 1.807) is 0 Å². The molecule has 0 aromatic heterocycles. The molecule has 0 atom stereocenters. The number of hydrogen-bond acceptors (Lipinski definition) is 2. The minimum Gasteiger partial charge on any atom is -0.300 e. The van der Waals surface area contributed by atoms with Crippen LogP contribution in [0, 0.1) is 0 Å². The Labute approximate surface area is 109 Å². The summed E-state index contributed by atoms with van der Waals surface area (Å²) in [5, 5.41) is 0. The third-order valence-electron chi connectivity index (χ3n) is 2.09. The van der Waals surface area contributed by atoms with Crippen molar-refractivity contribution in [3.05, 3.63) is 29.3 Å². The number of alkyl halides is 6. The number of thioether (sulfide) groups is 1. The number of Topliss-reactive ketones (excluding diaryl/α,β-unsaturated/α-hetero) is 1. The van der Waals surface area contributed by atoms with E-state index in [4.69, 9.17) is 0 Å². The first-order chi connectivity index (χ1) is 8.50. The summed E-state index contributed by atoms with van der Waals surface area (Å²) in [5.41, 5.74) is -6.56. The van der Waals surface area contributed by atoms with Crippen LogP contribution in [-0.2, 0) is 17.4 Å². The van der Waals surface area contributed by atoms with Crippen LogP contribution in [0.15, 0.2) is 23.1 Å². The number of carbonyl (C=O) groups excluding carboxylic acids is 1. The average Bonchev–Trinajstić information content (AvgIpc) is 2.15. The molecule has 0 spiro atoms. The van der Waals surface area contributed by atoms with Gasteiger partial charge in [-0.2, -0.15) is 26.3 Å². The number of hydrogen-bond donors (Lipinski definition) is 0. The maximum absolute atomic E-state index is 12.7. The van der Waals surface area contributed by atoms with Crippen molar-refractivity contribution in [2.75, 3.05) is 0 Å². The van der Waals surface area contributed by atoms with Crippen molar-refractivity contribution >= 4 is 17.5 Å². The average molecular weight is 302 g/mol. The van der Waals surface area contributed by atoms with Gasteiger partial charge in [-0.3, -0.25) is 4.79 Å². The molecule has 0 bridgehead atoms. The molecule has 0 fully saturated rings. The Balaban J connectivity index is 3.34. The van der Waals surface area contributed by atoms with E-state index in [0.29, 0.717) is 6.07 Å². The molecule has 0 saturated heterocycles. The van der Waals surface area contributed by atoms with Gasteiger partial charge in [0.25, 0.3) is 0 Å². The summed E-state index contributed by atoms with van der Waals surface area (Å²) < 4.78 is 75.0. The largest absolute Gasteiger partial charge is 0.446 e. The van der Waals surface area contributed by atoms with Crippen molar-refractivity contribution in [3.8, 4) is 0 Å². The van der Waals surface area contributed by atoms with Gasteiger partial charge in [0.05, 0.1) is 5.56 Å². The summed E-state index contributed by atoms with van der Waals surface area (Å²) in [6.45, 7) is 1.02. The van der Waals surface area contributed by atoms with E-state index in [-0.39, 0.29) is 0 Å². The van der Waals surface area contributed by atoms with E-state index in [1.807, 2.05) is 0 Å². The van der Waals surface area contributed by atoms with Crippen molar-refractivity contribution in [1.29, 1.82) is 0 Å². The Hall–Kier alpha value is -1.18. The zero-order valence-electron chi connectivity index (χ0n) is 9.52. The first kappa shape index (κ1) is 15.9. The molecule has 0 aliphatic heterocycles. The predicted octanol–water partition coefficient (Wildman–Crippen LogP) is 4.45. The lowest BCUT2D eigenvalue weighted by atomic mass is 10.0. The SMILES string of the molecule is CC(=O)Cc1c(SC(F)(F)F)cccc1C(F)(F)F. The Morgan fingerprint density at radius 2 is 1.74 bits per heavy atom. The maximum atomic E-state index is 12.7. The van der Waals surface area contributed by atoms with E-state index in [1.165, 1.54) is 0 Å². The first-order valence-corrected chi connectivity index (χ1v) is 5.76. The van der Waals surface area contributed by atoms with Gasteiger partial charge in [-0.15, -0.1) is 0 Å². The molecular weight excluding hydrogens is 294 g/mol. The number of carbonyl (C=O) groups is 1. The fraction of sp³-hybridized carbons (Fsp3) is 0.364. The molecule has 0 unspecified atom stereocenters. The van der Waals surface area contributed by atoms with Gasteiger partial charge in [0.1, 0.15) is 5.78 Å². The lowest BCUT2D eigenvalue weighted by Crippen LogP contribution is -2.13. The van der Waals surface area contributed by atoms with E-state index in [2.05, 4.69) is 0 Å². The van der Waals surface area contributed by atoms with Crippen LogP contribution in [0.2, 0.25) is 0 Å². The van der Waals surface area contributed by atoms with Crippen LogP contribution in [0.5, 0.6) is 0 Å². The molecule has 1 aromatic rings. The van der Waals surface area contributed by atoms with Crippen molar-refractivity contribution in [2.45, 2.75) is 29.9 Å². The molecule has 0 aliphatic carbocycles. The Bertz CT molecular complexity index is 477. The molecule has 0 amide bonds. The van der Waals surface area contributed by atoms with Crippen LogP contribution in [0.4, 0.5) is 26.3 Å². The molecule has 8 heteroatoms. The lowest BCUT2D eigenvalue weighted by molar-refractivity contribution is -0.138. The van der Waals surface area contributed by atoms with E-state index >= 15 is 0 Å². The molecule has 1 nitrogen and oxygen atoms in total. The molecule has 19 heavy (non-hydrogen) atoms. The van der Waals surface area contributed by atoms with Crippen molar-refractivity contribution in [2.24, 2.45) is 0 Å². The standard InChI is InChI=1S/C11H8F6OS/c1-6(18)5-7-8(10(12,13)14)3-2-4-9(7)19-11(15,16)17/h2-4H,5H2,1H3. The van der Waals surface area contributed by atoms with Crippen molar-refractivity contribution in [3.63, 3.8) is 0 Å². The Morgan fingerprint density at radius 1 is 1.16 bits per heavy atom. The molecular formula is C11H8F6OS. The second kappa shape index (κ2) is 5.44. The highest BCUT2D eigenvalue weighted by atomic mass is 32.2. The van der Waals surface area contributed by atoms with Crippen LogP contribution in [0.3, 0.4) is 0 Å². The summed E-state index contributed by atoms with van der Waals surface area (Å²) in [6.07, 6.45) is -5.49. The highest BCUT2D eigenvalue weighted by Crippen LogP contribution is 2.42. The van der Waals surface area contributed by atoms with Gasteiger partial charge in [-0.25, -0.2) is 0 Å². The zero-order valence-corrected chi connectivity index (χ0v) is 10.3. The van der Waals surface area contributed by atoms with Gasteiger partial charge in [-0.05, 0) is 36.4 Å². The van der Waals surface area contributed by atoms with Gasteiger partial charge in [0.2, 0.25) is 0 Å². The van der Waals surface area contributed by atoms with E-state index < -0.39 is 51.7 Å². The molecule has 0 radical (unpaired) electrons. The third kappa shape index (κ3) is 4.77. The van der Waals surface area contributed by atoms with Crippen LogP contribution < -0.4 is 0 Å². The summed E-state index contributed by atoms with van der Waals surface area (Å²) in [4.78, 5) is 10.4. The molecule has 1 aromatic carbocycles. The number of benzene rings is 1. The summed E-state index contributed by atoms with van der Waals surface area (Å²) in [6, 6.07) is 2.48. The zero-order chi connectivity index (χ0) is 14.8. The molecule has 0 saturated carbocycles. The summed E-state index contributed by atoms with van der Waals surface area (Å²) in [7, 11) is 0. The first-order valence-electron chi connectivity index (χ1n) is 4.95. The monoisotopic (exact) mass is 302 g/mol. The third-order valence-corrected chi connectivity index (χ3v) is 2.92. The van der Waals surface area contributed by atoms with Crippen LogP contribution in [0.1, 0.15) is 18.1 Å². The van der Waals surface area contributed by atoms with E-state index in [9.17, 15) is 31.1 Å². The minimum atomic E-state index is -4.80. The second-order valence-corrected chi connectivity index (χ2v) is 4.81. The van der Waals surface area contributed by atoms with Gasteiger partial charge in [0.15, 0.2) is 0 Å². The predicted molar refractivity (Wildman–Crippen MR) is 57.7 cm³/mol. The van der Waals surface area contributed by atoms with Gasteiger partial charge in [0, 0.05) is 11.3 Å². The number of ketones is 1. The summed E-state index contributed by atoms with van der Waals surface area (Å²) >= 11 is -0.653. The number of halogens is 6. The van der Waals surface area contributed by atoms with Crippen molar-refractivity contribution < 1.29 is 31.1 Å². The van der Waals surface area contributed by atoms with Crippen molar-refractivity contribution in [1.82, 2.24) is 0 Å². The Morgan fingerprint density at radius 3 is 2.16 bits per heavy atom. The number of rotatable bonds is 3. The normalized spacial score (nSPS) is 12.6. The lowest BCUT2D eigenvalue weighted by Gasteiger charge is -2.16. The smallest absolute Gasteiger partial charge is 0.300 e. The van der Waals surface area contributed by atoms with E-state index in [0.717, 1.165) is 19.1 Å².